The molecule has 2 N–H and O–H groups in total. The first-order valence-corrected chi connectivity index (χ1v) is 10.7. The van der Waals surface area contributed by atoms with E-state index >= 15 is 0 Å². The minimum absolute atomic E-state index is 0.0124. The summed E-state index contributed by atoms with van der Waals surface area (Å²) in [4.78, 5) is 13.2. The van der Waals surface area contributed by atoms with Crippen molar-refractivity contribution in [3.63, 3.8) is 0 Å². The third-order valence-electron chi connectivity index (χ3n) is 5.76. The molecule has 4 aromatic carbocycles. The van der Waals surface area contributed by atoms with Gasteiger partial charge in [-0.1, -0.05) is 48.5 Å². The van der Waals surface area contributed by atoms with E-state index in [-0.39, 0.29) is 17.4 Å². The molecule has 0 aromatic heterocycles. The van der Waals surface area contributed by atoms with E-state index in [1.165, 1.54) is 42.5 Å². The molecule has 2 atom stereocenters. The maximum absolute atomic E-state index is 14.2. The number of nitrogens with one attached hydrogen (secondary N) is 1. The lowest BCUT2D eigenvalue weighted by atomic mass is 9.94. The molecule has 0 spiro atoms. The van der Waals surface area contributed by atoms with E-state index in [1.807, 2.05) is 0 Å². The van der Waals surface area contributed by atoms with Crippen molar-refractivity contribution in [2.45, 2.75) is 24.7 Å². The number of alkyl halides is 3. The summed E-state index contributed by atoms with van der Waals surface area (Å²) in [5.74, 6) is -1.61. The van der Waals surface area contributed by atoms with Crippen LogP contribution in [-0.2, 0) is 12.6 Å². The monoisotopic (exact) mass is 485 g/mol. The zero-order valence-corrected chi connectivity index (χ0v) is 18.2. The Labute approximate surface area is 197 Å². The highest BCUT2D eigenvalue weighted by Gasteiger charge is 2.30. The minimum atomic E-state index is -4.50. The van der Waals surface area contributed by atoms with Gasteiger partial charge in [-0.05, 0) is 59.3 Å². The van der Waals surface area contributed by atoms with Crippen LogP contribution in [0.1, 0.15) is 33.2 Å². The van der Waals surface area contributed by atoms with Crippen LogP contribution in [0.2, 0.25) is 0 Å². The zero-order valence-electron chi connectivity index (χ0n) is 18.2. The molecule has 35 heavy (non-hydrogen) atoms. The van der Waals surface area contributed by atoms with E-state index in [1.54, 1.807) is 18.2 Å². The molecule has 0 aliphatic carbocycles. The molecule has 0 saturated heterocycles. The van der Waals surface area contributed by atoms with Gasteiger partial charge in [0.1, 0.15) is 11.6 Å². The number of halogens is 5. The molecular formula is C27H20F5NO2. The van der Waals surface area contributed by atoms with Gasteiger partial charge in [0.05, 0.1) is 17.7 Å². The van der Waals surface area contributed by atoms with Crippen LogP contribution in [0.15, 0.2) is 84.9 Å². The highest BCUT2D eigenvalue weighted by atomic mass is 19.4. The average Bonchev–Trinajstić information content (AvgIpc) is 2.84. The molecule has 180 valence electrons. The van der Waals surface area contributed by atoms with Crippen molar-refractivity contribution in [1.29, 1.82) is 0 Å². The number of hydrogen-bond donors (Lipinski definition) is 2. The summed E-state index contributed by atoms with van der Waals surface area (Å²) in [5, 5.41) is 14.3. The number of benzene rings is 4. The molecule has 0 unspecified atom stereocenters. The van der Waals surface area contributed by atoms with Crippen LogP contribution in [0.4, 0.5) is 22.0 Å². The molecule has 3 nitrogen and oxygen atoms in total. The van der Waals surface area contributed by atoms with Gasteiger partial charge < -0.3 is 10.4 Å². The third-order valence-corrected chi connectivity index (χ3v) is 5.76. The predicted octanol–water partition coefficient (Wildman–Crippen LogP) is 6.21. The Hall–Kier alpha value is -3.78. The van der Waals surface area contributed by atoms with Crippen LogP contribution in [0.25, 0.3) is 10.8 Å². The van der Waals surface area contributed by atoms with Gasteiger partial charge >= 0.3 is 6.18 Å². The van der Waals surface area contributed by atoms with Gasteiger partial charge in [0.2, 0.25) is 0 Å². The summed E-state index contributed by atoms with van der Waals surface area (Å²) in [6.07, 6.45) is -5.81. The number of aliphatic hydroxyl groups is 1. The quantitative estimate of drug-likeness (QED) is 0.319. The number of carbonyl (C=O) groups excluding carboxylic acids is 1. The number of amides is 1. The summed E-state index contributed by atoms with van der Waals surface area (Å²) in [5.41, 5.74) is 0.102. The minimum Gasteiger partial charge on any atom is -0.386 e. The number of aliphatic hydroxyl groups excluding tert-OH is 1. The van der Waals surface area contributed by atoms with E-state index in [9.17, 15) is 31.9 Å². The SMILES string of the molecule is O=C(N[C@H](Cc1ccc(C(F)(F)F)cc1)[C@@H](O)c1ccc(F)cc1)c1ccc(F)c2ccccc12. The molecule has 0 aliphatic rings. The fourth-order valence-electron chi connectivity index (χ4n) is 3.92. The fourth-order valence-corrected chi connectivity index (χ4v) is 3.92. The summed E-state index contributed by atoms with van der Waals surface area (Å²) < 4.78 is 66.3. The second kappa shape index (κ2) is 9.84. The highest BCUT2D eigenvalue weighted by Crippen LogP contribution is 2.30. The number of fused-ring (bicyclic) bond motifs is 1. The summed E-state index contributed by atoms with van der Waals surface area (Å²) >= 11 is 0. The van der Waals surface area contributed by atoms with Gasteiger partial charge in [-0.15, -0.1) is 0 Å². The topological polar surface area (TPSA) is 49.3 Å². The molecule has 0 bridgehead atoms. The van der Waals surface area contributed by atoms with Crippen molar-refractivity contribution in [2.24, 2.45) is 0 Å². The molecule has 0 saturated carbocycles. The first-order valence-electron chi connectivity index (χ1n) is 10.7. The van der Waals surface area contributed by atoms with Gasteiger partial charge in [0.15, 0.2) is 0 Å². The zero-order chi connectivity index (χ0) is 25.2. The van der Waals surface area contributed by atoms with Gasteiger partial charge in [0.25, 0.3) is 5.91 Å². The van der Waals surface area contributed by atoms with E-state index in [2.05, 4.69) is 5.32 Å². The van der Waals surface area contributed by atoms with Gasteiger partial charge in [-0.3, -0.25) is 4.79 Å². The van der Waals surface area contributed by atoms with Gasteiger partial charge in [-0.2, -0.15) is 13.2 Å². The smallest absolute Gasteiger partial charge is 0.386 e. The second-order valence-electron chi connectivity index (χ2n) is 8.12. The summed E-state index contributed by atoms with van der Waals surface area (Å²) in [6, 6.07) is 17.4. The van der Waals surface area contributed by atoms with E-state index in [4.69, 9.17) is 0 Å². The van der Waals surface area contributed by atoms with Gasteiger partial charge in [0, 0.05) is 10.9 Å². The summed E-state index contributed by atoms with van der Waals surface area (Å²) in [6.45, 7) is 0. The molecule has 1 amide bonds. The lowest BCUT2D eigenvalue weighted by molar-refractivity contribution is -0.137. The summed E-state index contributed by atoms with van der Waals surface area (Å²) in [7, 11) is 0. The molecule has 0 aliphatic heterocycles. The standard InChI is InChI=1S/C27H20F5NO2/c28-19-11-7-17(8-12-19)25(34)24(15-16-5-9-18(10-6-16)27(30,31)32)33-26(35)22-13-14-23(29)21-4-2-1-3-20(21)22/h1-14,24-25,34H,15H2,(H,33,35)/t24-,25+/m1/s1. The molecule has 4 rings (SSSR count). The van der Waals surface area contributed by atoms with Crippen molar-refractivity contribution in [3.05, 3.63) is 119 Å². The average molecular weight is 485 g/mol. The third kappa shape index (κ3) is 5.49. The second-order valence-corrected chi connectivity index (χ2v) is 8.12. The van der Waals surface area contributed by atoms with Gasteiger partial charge in [-0.25, -0.2) is 8.78 Å². The van der Waals surface area contributed by atoms with Crippen LogP contribution in [0.5, 0.6) is 0 Å². The van der Waals surface area contributed by atoms with Crippen molar-refractivity contribution >= 4 is 16.7 Å². The van der Waals surface area contributed by atoms with Crippen molar-refractivity contribution < 1.29 is 31.9 Å². The molecule has 0 radical (unpaired) electrons. The van der Waals surface area contributed by atoms with E-state index in [0.717, 1.165) is 24.3 Å². The highest BCUT2D eigenvalue weighted by molar-refractivity contribution is 6.07. The Balaban J connectivity index is 1.66. The Morgan fingerprint density at radius 2 is 1.46 bits per heavy atom. The van der Waals surface area contributed by atoms with Crippen molar-refractivity contribution in [1.82, 2.24) is 5.32 Å². The maximum Gasteiger partial charge on any atom is 0.416 e. The van der Waals surface area contributed by atoms with Crippen LogP contribution in [0.3, 0.4) is 0 Å². The Morgan fingerprint density at radius 3 is 2.09 bits per heavy atom. The van der Waals surface area contributed by atoms with Crippen LogP contribution in [0, 0.1) is 11.6 Å². The first kappa shape index (κ1) is 24.3. The Bertz CT molecular complexity index is 1330. The Kier molecular flexibility index (Phi) is 6.84. The lowest BCUT2D eigenvalue weighted by Gasteiger charge is -2.25. The van der Waals surface area contributed by atoms with Crippen molar-refractivity contribution in [2.75, 3.05) is 0 Å². The predicted molar refractivity (Wildman–Crippen MR) is 122 cm³/mol. The van der Waals surface area contributed by atoms with Crippen LogP contribution < -0.4 is 5.32 Å². The molecule has 0 fully saturated rings. The normalized spacial score (nSPS) is 13.4. The van der Waals surface area contributed by atoms with Crippen molar-refractivity contribution in [3.8, 4) is 0 Å². The number of carbonyl (C=O) groups is 1. The largest absolute Gasteiger partial charge is 0.416 e. The molecule has 4 aromatic rings. The molecule has 0 heterocycles. The maximum atomic E-state index is 14.2. The first-order chi connectivity index (χ1) is 16.6. The Morgan fingerprint density at radius 1 is 0.829 bits per heavy atom. The van der Waals surface area contributed by atoms with Crippen LogP contribution in [-0.4, -0.2) is 17.1 Å². The van der Waals surface area contributed by atoms with Crippen LogP contribution >= 0.6 is 0 Å². The van der Waals surface area contributed by atoms with E-state index < -0.39 is 41.4 Å². The fraction of sp³-hybridized carbons (Fsp3) is 0.148. The molecular weight excluding hydrogens is 465 g/mol. The van der Waals surface area contributed by atoms with E-state index in [0.29, 0.717) is 16.5 Å². The lowest BCUT2D eigenvalue weighted by Crippen LogP contribution is -2.41. The molecule has 8 heteroatoms. The number of hydrogen-bond acceptors (Lipinski definition) is 2. The number of rotatable bonds is 6.